The van der Waals surface area contributed by atoms with E-state index in [9.17, 15) is 18.0 Å². The van der Waals surface area contributed by atoms with Gasteiger partial charge in [0, 0.05) is 11.8 Å². The first-order valence-electron chi connectivity index (χ1n) is 10.9. The number of hydrogen-bond donors (Lipinski definition) is 0. The standard InChI is InChI=1S/C26H25NO6S/c28-16-24-22(19-34(30,31)23-14-8-3-9-15-23)18-33-27(25(24)21-12-6-2-7-13-21)26(29)32-17-20-10-4-1-5-11-20/h1-16,22,24-25H,17-19H2/t22-,24-,25+/m0/s1. The molecular weight excluding hydrogens is 454 g/mol. The number of sulfone groups is 1. The molecule has 3 atom stereocenters. The number of nitrogens with zero attached hydrogens (tertiary/aromatic N) is 1. The highest BCUT2D eigenvalue weighted by Gasteiger charge is 2.44. The van der Waals surface area contributed by atoms with Crippen LogP contribution < -0.4 is 0 Å². The van der Waals surface area contributed by atoms with Gasteiger partial charge in [0.2, 0.25) is 0 Å². The van der Waals surface area contributed by atoms with Crippen LogP contribution in [0.15, 0.2) is 95.9 Å². The number of benzene rings is 3. The van der Waals surface area contributed by atoms with Crippen LogP contribution in [0.4, 0.5) is 4.79 Å². The zero-order valence-electron chi connectivity index (χ0n) is 18.4. The molecule has 176 valence electrons. The first-order valence-corrected chi connectivity index (χ1v) is 12.6. The molecule has 1 heterocycles. The topological polar surface area (TPSA) is 90.0 Å². The van der Waals surface area contributed by atoms with E-state index in [2.05, 4.69) is 0 Å². The van der Waals surface area contributed by atoms with Crippen LogP contribution >= 0.6 is 0 Å². The fourth-order valence-electron chi connectivity index (χ4n) is 4.09. The van der Waals surface area contributed by atoms with Crippen LogP contribution in [-0.4, -0.2) is 38.2 Å². The Labute approximate surface area is 198 Å². The molecule has 4 rings (SSSR count). The smallest absolute Gasteiger partial charge is 0.434 e. The van der Waals surface area contributed by atoms with Gasteiger partial charge in [-0.25, -0.2) is 13.2 Å². The molecule has 1 aliphatic heterocycles. The van der Waals surface area contributed by atoms with E-state index in [0.29, 0.717) is 11.8 Å². The zero-order chi connectivity index (χ0) is 24.0. The fraction of sp³-hybridized carbons (Fsp3) is 0.231. The normalized spacial score (nSPS) is 20.5. The number of carbonyl (C=O) groups is 2. The lowest BCUT2D eigenvalue weighted by Crippen LogP contribution is -2.49. The van der Waals surface area contributed by atoms with E-state index >= 15 is 0 Å². The molecule has 0 aromatic heterocycles. The molecule has 0 bridgehead atoms. The van der Waals surface area contributed by atoms with Crippen molar-refractivity contribution in [1.82, 2.24) is 5.06 Å². The highest BCUT2D eigenvalue weighted by molar-refractivity contribution is 7.91. The van der Waals surface area contributed by atoms with Gasteiger partial charge in [0.15, 0.2) is 9.84 Å². The third-order valence-electron chi connectivity index (χ3n) is 5.81. The average Bonchev–Trinajstić information content (AvgIpc) is 2.88. The molecule has 1 saturated heterocycles. The second-order valence-electron chi connectivity index (χ2n) is 8.09. The molecule has 1 amide bonds. The van der Waals surface area contributed by atoms with E-state index in [1.165, 1.54) is 12.1 Å². The highest BCUT2D eigenvalue weighted by atomic mass is 32.2. The Bertz CT molecular complexity index is 1200. The van der Waals surface area contributed by atoms with Gasteiger partial charge in [0.25, 0.3) is 0 Å². The van der Waals surface area contributed by atoms with Gasteiger partial charge in [0.1, 0.15) is 12.9 Å². The van der Waals surface area contributed by atoms with Gasteiger partial charge in [0.05, 0.1) is 23.3 Å². The maximum absolute atomic E-state index is 13.0. The summed E-state index contributed by atoms with van der Waals surface area (Å²) in [6.07, 6.45) is -0.0306. The summed E-state index contributed by atoms with van der Waals surface area (Å²) in [5, 5.41) is 1.06. The van der Waals surface area contributed by atoms with Crippen molar-refractivity contribution in [3.8, 4) is 0 Å². The minimum Gasteiger partial charge on any atom is -0.443 e. The molecule has 0 saturated carbocycles. The number of hydroxylamine groups is 2. The second kappa shape index (κ2) is 10.6. The summed E-state index contributed by atoms with van der Waals surface area (Å²) >= 11 is 0. The largest absolute Gasteiger partial charge is 0.443 e. The van der Waals surface area contributed by atoms with Crippen LogP contribution in [0.2, 0.25) is 0 Å². The Kier molecular flexibility index (Phi) is 7.40. The van der Waals surface area contributed by atoms with Gasteiger partial charge in [-0.1, -0.05) is 78.9 Å². The number of hydrogen-bond acceptors (Lipinski definition) is 6. The van der Waals surface area contributed by atoms with Crippen LogP contribution in [0.25, 0.3) is 0 Å². The lowest BCUT2D eigenvalue weighted by Gasteiger charge is -2.41. The molecule has 3 aromatic rings. The van der Waals surface area contributed by atoms with Gasteiger partial charge in [-0.2, -0.15) is 5.06 Å². The quantitative estimate of drug-likeness (QED) is 0.472. The molecule has 34 heavy (non-hydrogen) atoms. The Balaban J connectivity index is 1.58. The average molecular weight is 480 g/mol. The van der Waals surface area contributed by atoms with Crippen molar-refractivity contribution in [2.45, 2.75) is 17.5 Å². The SMILES string of the molecule is O=C[C@H]1[C@H](CS(=O)(=O)c2ccccc2)CON(C(=O)OCc2ccccc2)[C@@H]1c1ccccc1. The number of ether oxygens (including phenoxy) is 1. The van der Waals surface area contributed by atoms with Crippen molar-refractivity contribution >= 4 is 22.2 Å². The van der Waals surface area contributed by atoms with E-state index in [1.54, 1.807) is 42.5 Å². The first kappa shape index (κ1) is 23.7. The Hall–Kier alpha value is -3.49. The Morgan fingerprint density at radius 1 is 0.941 bits per heavy atom. The van der Waals surface area contributed by atoms with Crippen LogP contribution in [-0.2, 0) is 30.8 Å². The van der Waals surface area contributed by atoms with Crippen molar-refractivity contribution < 1.29 is 27.6 Å². The molecule has 1 fully saturated rings. The van der Waals surface area contributed by atoms with E-state index in [1.807, 2.05) is 36.4 Å². The number of aldehydes is 1. The van der Waals surface area contributed by atoms with E-state index in [-0.39, 0.29) is 23.9 Å². The third-order valence-corrected chi connectivity index (χ3v) is 7.67. The fourth-order valence-corrected chi connectivity index (χ4v) is 5.74. The summed E-state index contributed by atoms with van der Waals surface area (Å²) in [7, 11) is -3.67. The van der Waals surface area contributed by atoms with Crippen LogP contribution in [0.5, 0.6) is 0 Å². The van der Waals surface area contributed by atoms with E-state index < -0.39 is 33.8 Å². The summed E-state index contributed by atoms with van der Waals surface area (Å²) in [6, 6.07) is 25.4. The lowest BCUT2D eigenvalue weighted by atomic mass is 9.83. The molecule has 1 aliphatic rings. The van der Waals surface area contributed by atoms with Crippen LogP contribution in [0.3, 0.4) is 0 Å². The molecule has 8 heteroatoms. The molecule has 3 aromatic carbocycles. The lowest BCUT2D eigenvalue weighted by molar-refractivity contribution is -0.218. The van der Waals surface area contributed by atoms with Gasteiger partial charge in [-0.3, -0.25) is 4.84 Å². The summed E-state index contributed by atoms with van der Waals surface area (Å²) in [4.78, 5) is 31.2. The van der Waals surface area contributed by atoms with Gasteiger partial charge >= 0.3 is 6.09 Å². The molecule has 0 unspecified atom stereocenters. The van der Waals surface area contributed by atoms with Crippen molar-refractivity contribution in [2.75, 3.05) is 12.4 Å². The van der Waals surface area contributed by atoms with Gasteiger partial charge in [-0.15, -0.1) is 0 Å². The van der Waals surface area contributed by atoms with Crippen molar-refractivity contribution in [1.29, 1.82) is 0 Å². The molecule has 0 radical (unpaired) electrons. The number of amides is 1. The maximum Gasteiger partial charge on any atom is 0.434 e. The van der Waals surface area contributed by atoms with Gasteiger partial charge < -0.3 is 9.53 Å². The Morgan fingerprint density at radius 2 is 1.53 bits per heavy atom. The van der Waals surface area contributed by atoms with Crippen LogP contribution in [0.1, 0.15) is 17.2 Å². The predicted molar refractivity (Wildman–Crippen MR) is 125 cm³/mol. The zero-order valence-corrected chi connectivity index (χ0v) is 19.2. The van der Waals surface area contributed by atoms with E-state index in [4.69, 9.17) is 9.57 Å². The van der Waals surface area contributed by atoms with Gasteiger partial charge in [-0.05, 0) is 23.3 Å². The van der Waals surface area contributed by atoms with Crippen molar-refractivity contribution in [3.63, 3.8) is 0 Å². The number of rotatable bonds is 7. The molecule has 7 nitrogen and oxygen atoms in total. The first-order chi connectivity index (χ1) is 16.5. The monoisotopic (exact) mass is 479 g/mol. The molecule has 0 aliphatic carbocycles. The molecular formula is C26H25NO6S. The number of carbonyl (C=O) groups excluding carboxylic acids is 2. The highest BCUT2D eigenvalue weighted by Crippen LogP contribution is 2.38. The van der Waals surface area contributed by atoms with Crippen LogP contribution in [0, 0.1) is 11.8 Å². The van der Waals surface area contributed by atoms with E-state index in [0.717, 1.165) is 10.6 Å². The maximum atomic E-state index is 13.0. The molecule has 0 N–H and O–H groups in total. The predicted octanol–water partition coefficient (Wildman–Crippen LogP) is 4.22. The summed E-state index contributed by atoms with van der Waals surface area (Å²) < 4.78 is 31.5. The molecule has 0 spiro atoms. The van der Waals surface area contributed by atoms with Crippen molar-refractivity contribution in [2.24, 2.45) is 11.8 Å². The summed E-state index contributed by atoms with van der Waals surface area (Å²) in [6.45, 7) is -0.0716. The summed E-state index contributed by atoms with van der Waals surface area (Å²) in [5.74, 6) is -1.73. The minimum absolute atomic E-state index is 0.0403. The Morgan fingerprint density at radius 3 is 2.15 bits per heavy atom. The second-order valence-corrected chi connectivity index (χ2v) is 10.1. The minimum atomic E-state index is -3.67. The van der Waals surface area contributed by atoms with Crippen molar-refractivity contribution in [3.05, 3.63) is 102 Å². The summed E-state index contributed by atoms with van der Waals surface area (Å²) in [5.41, 5.74) is 1.46. The third kappa shape index (κ3) is 5.35.